The van der Waals surface area contributed by atoms with Crippen molar-refractivity contribution in [1.82, 2.24) is 9.36 Å². The summed E-state index contributed by atoms with van der Waals surface area (Å²) in [6, 6.07) is 0. The number of carbonyl (C=O) groups is 1. The van der Waals surface area contributed by atoms with Gasteiger partial charge in [-0.3, -0.25) is 4.72 Å². The first-order valence-corrected chi connectivity index (χ1v) is 8.03. The molecule has 10 heteroatoms. The van der Waals surface area contributed by atoms with Crippen LogP contribution >= 0.6 is 22.9 Å². The van der Waals surface area contributed by atoms with E-state index in [-0.39, 0.29) is 20.5 Å². The van der Waals surface area contributed by atoms with Gasteiger partial charge >= 0.3 is 5.97 Å². The van der Waals surface area contributed by atoms with Gasteiger partial charge in [0.05, 0.1) is 16.9 Å². The van der Waals surface area contributed by atoms with Gasteiger partial charge in [-0.2, -0.15) is 4.37 Å². The van der Waals surface area contributed by atoms with E-state index < -0.39 is 16.0 Å². The fourth-order valence-electron chi connectivity index (χ4n) is 1.33. The Hall–Kier alpha value is -1.52. The summed E-state index contributed by atoms with van der Waals surface area (Å²) in [5.74, 6) is -1.22. The average Bonchev–Trinajstić information content (AvgIpc) is 2.85. The molecule has 2 aromatic rings. The zero-order valence-electron chi connectivity index (χ0n) is 9.87. The highest BCUT2D eigenvalue weighted by atomic mass is 32.2. The number of hydrogen-bond donors (Lipinski definition) is 2. The second-order valence-corrected chi connectivity index (χ2v) is 7.50. The maximum Gasteiger partial charge on any atom is 0.340 e. The predicted molar refractivity (Wildman–Crippen MR) is 71.5 cm³/mol. The van der Waals surface area contributed by atoms with E-state index >= 15 is 0 Å². The van der Waals surface area contributed by atoms with Crippen LogP contribution in [0.2, 0.25) is 0 Å². The molecule has 0 fully saturated rings. The molecule has 19 heavy (non-hydrogen) atoms. The van der Waals surface area contributed by atoms with E-state index in [0.29, 0.717) is 5.01 Å². The highest BCUT2D eigenvalue weighted by molar-refractivity contribution is 7.94. The molecule has 0 spiro atoms. The van der Waals surface area contributed by atoms with Gasteiger partial charge in [0.1, 0.15) is 10.6 Å². The van der Waals surface area contributed by atoms with E-state index in [2.05, 4.69) is 14.1 Å². The molecule has 0 bridgehead atoms. The van der Waals surface area contributed by atoms with Crippen molar-refractivity contribution >= 4 is 43.9 Å². The second kappa shape index (κ2) is 4.87. The molecule has 0 aliphatic heterocycles. The number of carboxylic acids is 1. The van der Waals surface area contributed by atoms with Crippen molar-refractivity contribution in [1.29, 1.82) is 0 Å². The first kappa shape index (κ1) is 13.9. The first-order valence-electron chi connectivity index (χ1n) is 4.96. The van der Waals surface area contributed by atoms with Crippen molar-refractivity contribution in [2.75, 3.05) is 4.72 Å². The Balaban J connectivity index is 2.39. The van der Waals surface area contributed by atoms with Gasteiger partial charge < -0.3 is 5.11 Å². The molecule has 0 radical (unpaired) electrons. The average molecular weight is 319 g/mol. The summed E-state index contributed by atoms with van der Waals surface area (Å²) >= 11 is 1.81. The van der Waals surface area contributed by atoms with Crippen molar-refractivity contribution in [3.63, 3.8) is 0 Å². The summed E-state index contributed by atoms with van der Waals surface area (Å²) in [6.07, 6.45) is 1.23. The lowest BCUT2D eigenvalue weighted by atomic mass is 10.2. The molecule has 0 amide bonds. The van der Waals surface area contributed by atoms with Gasteiger partial charge in [-0.05, 0) is 25.4 Å². The fourth-order valence-corrected chi connectivity index (χ4v) is 4.52. The molecular formula is C9H9N3O4S3. The molecule has 0 aliphatic carbocycles. The Morgan fingerprint density at radius 3 is 2.63 bits per heavy atom. The predicted octanol–water partition coefficient (Wildman–Crippen LogP) is 1.72. The number of anilines is 1. The molecule has 2 heterocycles. The minimum atomic E-state index is -3.82. The molecule has 102 valence electrons. The largest absolute Gasteiger partial charge is 0.478 e. The fraction of sp³-hybridized carbons (Fsp3) is 0.222. The zero-order valence-corrected chi connectivity index (χ0v) is 12.3. The maximum absolute atomic E-state index is 12.0. The lowest BCUT2D eigenvalue weighted by molar-refractivity contribution is 0.0697. The van der Waals surface area contributed by atoms with E-state index in [9.17, 15) is 13.2 Å². The van der Waals surface area contributed by atoms with Crippen LogP contribution in [0.3, 0.4) is 0 Å². The Morgan fingerprint density at radius 1 is 1.42 bits per heavy atom. The molecule has 0 aliphatic rings. The standard InChI is InChI=1S/C9H9N3O4S3/c1-4-7(9(13)14)8(18-11-4)12-19(15,16)6-3-10-5(2)17-6/h3,12H,1-2H3,(H,13,14). The van der Waals surface area contributed by atoms with Gasteiger partial charge in [-0.1, -0.05) is 0 Å². The third-order valence-electron chi connectivity index (χ3n) is 2.17. The van der Waals surface area contributed by atoms with Gasteiger partial charge in [-0.25, -0.2) is 18.2 Å². The lowest BCUT2D eigenvalue weighted by Gasteiger charge is -2.03. The molecule has 0 saturated carbocycles. The summed E-state index contributed by atoms with van der Waals surface area (Å²) in [5, 5.41) is 9.64. The zero-order chi connectivity index (χ0) is 14.2. The molecule has 0 aromatic carbocycles. The molecular weight excluding hydrogens is 310 g/mol. The number of nitrogens with one attached hydrogen (secondary N) is 1. The van der Waals surface area contributed by atoms with E-state index in [1.165, 1.54) is 13.1 Å². The first-order chi connectivity index (χ1) is 8.81. The van der Waals surface area contributed by atoms with Crippen LogP contribution in [0.4, 0.5) is 5.00 Å². The van der Waals surface area contributed by atoms with E-state index in [4.69, 9.17) is 5.11 Å². The Kier molecular flexibility index (Phi) is 3.56. The van der Waals surface area contributed by atoms with Crippen molar-refractivity contribution in [3.05, 3.63) is 22.5 Å². The molecule has 2 rings (SSSR count). The normalized spacial score (nSPS) is 11.5. The highest BCUT2D eigenvalue weighted by Crippen LogP contribution is 2.28. The summed E-state index contributed by atoms with van der Waals surface area (Å²) in [7, 11) is -3.82. The number of thiazole rings is 1. The smallest absolute Gasteiger partial charge is 0.340 e. The maximum atomic E-state index is 12.0. The van der Waals surface area contributed by atoms with Crippen LogP contribution in [0.15, 0.2) is 10.4 Å². The van der Waals surface area contributed by atoms with Gasteiger partial charge in [-0.15, -0.1) is 11.3 Å². The minimum absolute atomic E-state index is 0.00365. The van der Waals surface area contributed by atoms with E-state index in [1.54, 1.807) is 6.92 Å². The lowest BCUT2D eigenvalue weighted by Crippen LogP contribution is -2.13. The van der Waals surface area contributed by atoms with Crippen molar-refractivity contribution in [2.24, 2.45) is 0 Å². The number of sulfonamides is 1. The highest BCUT2D eigenvalue weighted by Gasteiger charge is 2.24. The molecule has 0 saturated heterocycles. The van der Waals surface area contributed by atoms with Gasteiger partial charge in [0.15, 0.2) is 4.21 Å². The molecule has 2 N–H and O–H groups in total. The number of aryl methyl sites for hydroxylation is 2. The van der Waals surface area contributed by atoms with Crippen LogP contribution in [0.5, 0.6) is 0 Å². The van der Waals surface area contributed by atoms with E-state index in [0.717, 1.165) is 22.9 Å². The number of hydrogen-bond acceptors (Lipinski definition) is 7. The summed E-state index contributed by atoms with van der Waals surface area (Å²) < 4.78 is 30.2. The van der Waals surface area contributed by atoms with Crippen LogP contribution in [0, 0.1) is 13.8 Å². The third-order valence-corrected chi connectivity index (χ3v) is 5.88. The number of rotatable bonds is 4. The third kappa shape index (κ3) is 2.74. The number of aromatic nitrogens is 2. The second-order valence-electron chi connectivity index (χ2n) is 3.58. The topological polar surface area (TPSA) is 109 Å². The van der Waals surface area contributed by atoms with Gasteiger partial charge in [0.2, 0.25) is 0 Å². The van der Waals surface area contributed by atoms with Crippen LogP contribution in [-0.2, 0) is 10.0 Å². The van der Waals surface area contributed by atoms with Gasteiger partial charge in [0.25, 0.3) is 10.0 Å². The van der Waals surface area contributed by atoms with Gasteiger partial charge in [0, 0.05) is 0 Å². The number of aromatic carboxylic acids is 1. The molecule has 2 aromatic heterocycles. The Bertz CT molecular complexity index is 732. The van der Waals surface area contributed by atoms with Crippen LogP contribution in [0.1, 0.15) is 21.1 Å². The Labute approximate surface area is 117 Å². The number of nitrogens with zero attached hydrogens (tertiary/aromatic N) is 2. The molecule has 0 atom stereocenters. The monoisotopic (exact) mass is 319 g/mol. The van der Waals surface area contributed by atoms with Crippen LogP contribution < -0.4 is 4.72 Å². The van der Waals surface area contributed by atoms with Crippen molar-refractivity contribution in [2.45, 2.75) is 18.1 Å². The van der Waals surface area contributed by atoms with E-state index in [1.807, 2.05) is 0 Å². The van der Waals surface area contributed by atoms with Crippen LogP contribution in [-0.4, -0.2) is 28.9 Å². The van der Waals surface area contributed by atoms with Crippen LogP contribution in [0.25, 0.3) is 0 Å². The summed E-state index contributed by atoms with van der Waals surface area (Å²) in [5.41, 5.74) is 0.144. The summed E-state index contributed by atoms with van der Waals surface area (Å²) in [6.45, 7) is 3.19. The minimum Gasteiger partial charge on any atom is -0.478 e. The SMILES string of the molecule is Cc1ncc(S(=O)(=O)Nc2snc(C)c2C(=O)O)s1. The molecule has 7 nitrogen and oxygen atoms in total. The quantitative estimate of drug-likeness (QED) is 0.888. The molecule has 0 unspecified atom stereocenters. The number of carboxylic acid groups (broad SMARTS) is 1. The Morgan fingerprint density at radius 2 is 2.11 bits per heavy atom. The van der Waals surface area contributed by atoms with Crippen molar-refractivity contribution < 1.29 is 18.3 Å². The van der Waals surface area contributed by atoms with Crippen molar-refractivity contribution in [3.8, 4) is 0 Å². The summed E-state index contributed by atoms with van der Waals surface area (Å²) in [4.78, 5) is 14.9.